The summed E-state index contributed by atoms with van der Waals surface area (Å²) in [5.74, 6) is 5.80. The van der Waals surface area contributed by atoms with E-state index in [2.05, 4.69) is 22.0 Å². The standard InChI is InChI=1S/C20H15N3O5S/c1-14-4-6-15(7-5-14)18-21-22-20(28-18)29-13-3-2-12-27-19(24)16-8-10-17(11-9-16)23(25)26/h4-11H,12-13H2,1H3. The van der Waals surface area contributed by atoms with Crippen molar-refractivity contribution in [3.05, 3.63) is 69.8 Å². The van der Waals surface area contributed by atoms with E-state index < -0.39 is 10.9 Å². The summed E-state index contributed by atoms with van der Waals surface area (Å²) in [6, 6.07) is 12.9. The summed E-state index contributed by atoms with van der Waals surface area (Å²) < 4.78 is 10.6. The van der Waals surface area contributed by atoms with E-state index in [0.717, 1.165) is 11.1 Å². The van der Waals surface area contributed by atoms with Gasteiger partial charge in [-0.05, 0) is 31.2 Å². The van der Waals surface area contributed by atoms with E-state index in [4.69, 9.17) is 9.15 Å². The van der Waals surface area contributed by atoms with Gasteiger partial charge in [0.1, 0.15) is 0 Å². The van der Waals surface area contributed by atoms with Crippen LogP contribution in [0.25, 0.3) is 11.5 Å². The summed E-state index contributed by atoms with van der Waals surface area (Å²) in [6.07, 6.45) is 0. The maximum absolute atomic E-state index is 11.8. The van der Waals surface area contributed by atoms with Crippen LogP contribution in [-0.4, -0.2) is 33.4 Å². The van der Waals surface area contributed by atoms with Crippen molar-refractivity contribution in [2.45, 2.75) is 12.1 Å². The van der Waals surface area contributed by atoms with Gasteiger partial charge in [-0.2, -0.15) is 0 Å². The minimum Gasteiger partial charge on any atom is -0.449 e. The van der Waals surface area contributed by atoms with Gasteiger partial charge < -0.3 is 9.15 Å². The first-order valence-corrected chi connectivity index (χ1v) is 9.42. The average molecular weight is 409 g/mol. The molecule has 1 aromatic heterocycles. The fourth-order valence-electron chi connectivity index (χ4n) is 2.18. The van der Waals surface area contributed by atoms with E-state index in [1.165, 1.54) is 36.0 Å². The first-order chi connectivity index (χ1) is 14.0. The Labute approximate surface area is 170 Å². The lowest BCUT2D eigenvalue weighted by Crippen LogP contribution is -2.05. The molecule has 0 amide bonds. The van der Waals surface area contributed by atoms with Crippen LogP contribution < -0.4 is 0 Å². The average Bonchev–Trinajstić information content (AvgIpc) is 3.20. The Morgan fingerprint density at radius 2 is 1.86 bits per heavy atom. The van der Waals surface area contributed by atoms with E-state index in [0.29, 0.717) is 16.9 Å². The molecule has 2 aromatic carbocycles. The van der Waals surface area contributed by atoms with Gasteiger partial charge in [0, 0.05) is 17.7 Å². The molecule has 29 heavy (non-hydrogen) atoms. The molecule has 0 bridgehead atoms. The van der Waals surface area contributed by atoms with Crippen molar-refractivity contribution in [1.29, 1.82) is 0 Å². The zero-order chi connectivity index (χ0) is 20.6. The second-order valence-corrected chi connectivity index (χ2v) is 6.69. The van der Waals surface area contributed by atoms with Crippen LogP contribution in [0.3, 0.4) is 0 Å². The molecule has 1 heterocycles. The number of nitro groups is 1. The Balaban J connectivity index is 1.43. The van der Waals surface area contributed by atoms with Gasteiger partial charge in [-0.1, -0.05) is 41.3 Å². The summed E-state index contributed by atoms with van der Waals surface area (Å²) in [7, 11) is 0. The number of carbonyl (C=O) groups is 1. The van der Waals surface area contributed by atoms with Crippen molar-refractivity contribution in [3.8, 4) is 23.3 Å². The molecule has 0 unspecified atom stereocenters. The molecule has 3 rings (SSSR count). The Morgan fingerprint density at radius 1 is 1.14 bits per heavy atom. The van der Waals surface area contributed by atoms with E-state index >= 15 is 0 Å². The second-order valence-electron chi connectivity index (χ2n) is 5.76. The van der Waals surface area contributed by atoms with Crippen LogP contribution in [-0.2, 0) is 4.74 Å². The quantitative estimate of drug-likeness (QED) is 0.198. The highest BCUT2D eigenvalue weighted by Gasteiger charge is 2.10. The lowest BCUT2D eigenvalue weighted by atomic mass is 10.1. The van der Waals surface area contributed by atoms with E-state index in [1.807, 2.05) is 31.2 Å². The number of hydrogen-bond donors (Lipinski definition) is 0. The molecule has 0 saturated heterocycles. The third-order valence-corrected chi connectivity index (χ3v) is 4.39. The number of non-ortho nitro benzene ring substituents is 1. The Bertz CT molecular complexity index is 1070. The smallest absolute Gasteiger partial charge is 0.339 e. The Hall–Kier alpha value is -3.64. The van der Waals surface area contributed by atoms with Gasteiger partial charge in [-0.25, -0.2) is 4.79 Å². The molecule has 9 heteroatoms. The number of aromatic nitrogens is 2. The SMILES string of the molecule is Cc1ccc(-c2nnc(SCC#CCOC(=O)c3ccc([N+](=O)[O-])cc3)o2)cc1. The minimum atomic E-state index is -0.596. The number of esters is 1. The minimum absolute atomic E-state index is 0.0885. The molecule has 0 atom stereocenters. The maximum atomic E-state index is 11.8. The summed E-state index contributed by atoms with van der Waals surface area (Å²) in [6.45, 7) is 1.91. The fourth-order valence-corrected chi connectivity index (χ4v) is 2.72. The van der Waals surface area contributed by atoms with Crippen LogP contribution in [0.1, 0.15) is 15.9 Å². The summed E-state index contributed by atoms with van der Waals surface area (Å²) >= 11 is 1.28. The molecule has 0 aliphatic rings. The normalized spacial score (nSPS) is 10.1. The molecule has 3 aromatic rings. The molecule has 0 aliphatic carbocycles. The molecule has 0 radical (unpaired) electrons. The number of aryl methyl sites for hydroxylation is 1. The zero-order valence-electron chi connectivity index (χ0n) is 15.3. The van der Waals surface area contributed by atoms with Gasteiger partial charge in [0.2, 0.25) is 5.89 Å². The van der Waals surface area contributed by atoms with Gasteiger partial charge in [0.25, 0.3) is 10.9 Å². The largest absolute Gasteiger partial charge is 0.449 e. The molecule has 0 saturated carbocycles. The van der Waals surface area contributed by atoms with Crippen molar-refractivity contribution >= 4 is 23.4 Å². The van der Waals surface area contributed by atoms with E-state index in [1.54, 1.807) is 0 Å². The molecule has 0 fully saturated rings. The van der Waals surface area contributed by atoms with Crippen LogP contribution in [0.15, 0.2) is 58.2 Å². The van der Waals surface area contributed by atoms with Crippen molar-refractivity contribution < 1.29 is 18.9 Å². The van der Waals surface area contributed by atoms with Crippen molar-refractivity contribution in [3.63, 3.8) is 0 Å². The number of hydrogen-bond acceptors (Lipinski definition) is 8. The number of thioether (sulfide) groups is 1. The Morgan fingerprint density at radius 3 is 2.55 bits per heavy atom. The third kappa shape index (κ3) is 5.67. The van der Waals surface area contributed by atoms with Gasteiger partial charge in [0.15, 0.2) is 6.61 Å². The molecule has 146 valence electrons. The predicted octanol–water partition coefficient (Wildman–Crippen LogP) is 3.91. The fraction of sp³-hybridized carbons (Fsp3) is 0.150. The number of benzene rings is 2. The first kappa shape index (κ1) is 20.1. The van der Waals surface area contributed by atoms with Crippen molar-refractivity contribution in [2.75, 3.05) is 12.4 Å². The second kappa shape index (κ2) is 9.52. The van der Waals surface area contributed by atoms with Crippen molar-refractivity contribution in [2.24, 2.45) is 0 Å². The number of rotatable bonds is 6. The zero-order valence-corrected chi connectivity index (χ0v) is 16.1. The molecular weight excluding hydrogens is 394 g/mol. The Kier molecular flexibility index (Phi) is 6.60. The van der Waals surface area contributed by atoms with Crippen LogP contribution in [0, 0.1) is 28.9 Å². The monoisotopic (exact) mass is 409 g/mol. The van der Waals surface area contributed by atoms with Gasteiger partial charge in [0.05, 0.1) is 16.2 Å². The van der Waals surface area contributed by atoms with Crippen molar-refractivity contribution in [1.82, 2.24) is 10.2 Å². The summed E-state index contributed by atoms with van der Waals surface area (Å²) in [5, 5.41) is 19.0. The summed E-state index contributed by atoms with van der Waals surface area (Å²) in [4.78, 5) is 21.9. The van der Waals surface area contributed by atoms with Crippen LogP contribution >= 0.6 is 11.8 Å². The van der Waals surface area contributed by atoms with Gasteiger partial charge in [-0.15, -0.1) is 10.2 Å². The van der Waals surface area contributed by atoms with Crippen LogP contribution in [0.5, 0.6) is 0 Å². The molecule has 0 aliphatic heterocycles. The van der Waals surface area contributed by atoms with Gasteiger partial charge >= 0.3 is 5.97 Å². The first-order valence-electron chi connectivity index (χ1n) is 8.43. The van der Waals surface area contributed by atoms with Crippen LogP contribution in [0.4, 0.5) is 5.69 Å². The lowest BCUT2D eigenvalue weighted by molar-refractivity contribution is -0.384. The predicted molar refractivity (Wildman–Crippen MR) is 106 cm³/mol. The van der Waals surface area contributed by atoms with E-state index in [-0.39, 0.29) is 17.9 Å². The third-order valence-electron chi connectivity index (χ3n) is 3.69. The number of nitro benzene ring substituents is 1. The highest BCUT2D eigenvalue weighted by molar-refractivity contribution is 7.99. The molecule has 8 nitrogen and oxygen atoms in total. The summed E-state index contributed by atoms with van der Waals surface area (Å²) in [5.41, 5.74) is 2.12. The topological polar surface area (TPSA) is 108 Å². The molecule has 0 N–H and O–H groups in total. The number of nitrogens with zero attached hydrogens (tertiary/aromatic N) is 3. The van der Waals surface area contributed by atoms with Gasteiger partial charge in [-0.3, -0.25) is 10.1 Å². The number of carbonyl (C=O) groups excluding carboxylic acids is 1. The highest BCUT2D eigenvalue weighted by Crippen LogP contribution is 2.23. The maximum Gasteiger partial charge on any atom is 0.339 e. The molecular formula is C20H15N3O5S. The number of ether oxygens (including phenoxy) is 1. The van der Waals surface area contributed by atoms with E-state index in [9.17, 15) is 14.9 Å². The molecule has 0 spiro atoms. The lowest BCUT2D eigenvalue weighted by Gasteiger charge is -2.00. The highest BCUT2D eigenvalue weighted by atomic mass is 32.2. The van der Waals surface area contributed by atoms with Crippen LogP contribution in [0.2, 0.25) is 0 Å².